The fourth-order valence-electron chi connectivity index (χ4n) is 2.60. The maximum Gasteiger partial charge on any atom is 0.241 e. The number of hydrogen-bond donors (Lipinski definition) is 1. The van der Waals surface area contributed by atoms with Crippen molar-refractivity contribution in [2.75, 3.05) is 24.2 Å². The number of rotatable bonds is 7. The minimum atomic E-state index is -3.73. The Morgan fingerprint density at radius 1 is 1.22 bits per heavy atom. The van der Waals surface area contributed by atoms with Gasteiger partial charge in [0.25, 0.3) is 0 Å². The van der Waals surface area contributed by atoms with Crippen molar-refractivity contribution >= 4 is 33.2 Å². The Hall–Kier alpha value is -2.25. The molecule has 146 valence electrons. The van der Waals surface area contributed by atoms with Crippen LogP contribution in [0.15, 0.2) is 42.5 Å². The largest absolute Gasteiger partial charge is 0.495 e. The molecule has 0 bridgehead atoms. The number of nitrogens with zero attached hydrogens (tertiary/aromatic N) is 1. The molecular formula is C19H23ClN2O4S. The molecule has 0 aliphatic rings. The highest BCUT2D eigenvalue weighted by atomic mass is 35.5. The third-order valence-electron chi connectivity index (χ3n) is 4.05. The molecule has 0 spiro atoms. The van der Waals surface area contributed by atoms with Gasteiger partial charge in [0.15, 0.2) is 0 Å². The molecule has 2 aromatic rings. The smallest absolute Gasteiger partial charge is 0.241 e. The third-order valence-corrected chi connectivity index (χ3v) is 5.41. The molecule has 1 amide bonds. The second kappa shape index (κ2) is 8.63. The second-order valence-corrected chi connectivity index (χ2v) is 8.63. The number of anilines is 1. The molecule has 0 aliphatic carbocycles. The molecule has 0 fully saturated rings. The fourth-order valence-corrected chi connectivity index (χ4v) is 3.61. The van der Waals surface area contributed by atoms with E-state index in [0.717, 1.165) is 21.7 Å². The Kier molecular flexibility index (Phi) is 6.73. The number of hydrogen-bond acceptors (Lipinski definition) is 4. The minimum absolute atomic E-state index is 0.214. The Morgan fingerprint density at radius 2 is 1.85 bits per heavy atom. The summed E-state index contributed by atoms with van der Waals surface area (Å²) in [6.07, 6.45) is 1.03. The van der Waals surface area contributed by atoms with E-state index in [9.17, 15) is 13.2 Å². The Labute approximate surface area is 165 Å². The summed E-state index contributed by atoms with van der Waals surface area (Å²) in [4.78, 5) is 12.5. The van der Waals surface area contributed by atoms with Crippen LogP contribution in [0.25, 0.3) is 0 Å². The first-order valence-electron chi connectivity index (χ1n) is 8.29. The summed E-state index contributed by atoms with van der Waals surface area (Å²) in [7, 11) is -2.31. The average molecular weight is 411 g/mol. The second-order valence-electron chi connectivity index (χ2n) is 6.29. The molecule has 0 unspecified atom stereocenters. The first-order valence-corrected chi connectivity index (χ1v) is 10.5. The van der Waals surface area contributed by atoms with E-state index in [2.05, 4.69) is 5.32 Å². The van der Waals surface area contributed by atoms with Crippen molar-refractivity contribution in [3.63, 3.8) is 0 Å². The van der Waals surface area contributed by atoms with E-state index in [1.54, 1.807) is 12.1 Å². The summed E-state index contributed by atoms with van der Waals surface area (Å²) in [6, 6.07) is 12.1. The minimum Gasteiger partial charge on any atom is -0.495 e. The summed E-state index contributed by atoms with van der Waals surface area (Å²) in [5, 5.41) is 3.16. The lowest BCUT2D eigenvalue weighted by molar-refractivity contribution is -0.120. The number of carbonyl (C=O) groups excluding carboxylic acids is 1. The molecule has 0 radical (unpaired) electrons. The lowest BCUT2D eigenvalue weighted by Crippen LogP contribution is -2.41. The number of sulfonamides is 1. The molecule has 27 heavy (non-hydrogen) atoms. The molecule has 0 aliphatic heterocycles. The van der Waals surface area contributed by atoms with Crippen LogP contribution < -0.4 is 14.4 Å². The fraction of sp³-hybridized carbons (Fsp3) is 0.316. The number of nitrogens with one attached hydrogen (secondary N) is 1. The van der Waals surface area contributed by atoms with Gasteiger partial charge in [0.2, 0.25) is 15.9 Å². The zero-order valence-electron chi connectivity index (χ0n) is 15.7. The quantitative estimate of drug-likeness (QED) is 0.759. The Balaban J connectivity index is 2.23. The average Bonchev–Trinajstić information content (AvgIpc) is 2.59. The molecule has 8 heteroatoms. The lowest BCUT2D eigenvalue weighted by Gasteiger charge is -2.25. The molecule has 0 saturated carbocycles. The number of carbonyl (C=O) groups is 1. The van der Waals surface area contributed by atoms with E-state index in [0.29, 0.717) is 10.8 Å². The molecule has 0 aromatic heterocycles. The van der Waals surface area contributed by atoms with Gasteiger partial charge in [-0.2, -0.15) is 0 Å². The molecular weight excluding hydrogens is 388 g/mol. The molecule has 1 N–H and O–H groups in total. The van der Waals surface area contributed by atoms with E-state index in [-0.39, 0.29) is 18.3 Å². The van der Waals surface area contributed by atoms with Gasteiger partial charge in [-0.1, -0.05) is 41.4 Å². The normalized spacial score (nSPS) is 12.3. The van der Waals surface area contributed by atoms with Gasteiger partial charge >= 0.3 is 0 Å². The summed E-state index contributed by atoms with van der Waals surface area (Å²) in [6.45, 7) is 3.44. The van der Waals surface area contributed by atoms with Crippen LogP contribution in [0.1, 0.15) is 24.1 Å². The predicted octanol–water partition coefficient (Wildman–Crippen LogP) is 3.30. The van der Waals surface area contributed by atoms with Crippen molar-refractivity contribution in [1.29, 1.82) is 0 Å². The van der Waals surface area contributed by atoms with E-state index >= 15 is 0 Å². The number of aryl methyl sites for hydroxylation is 1. The molecule has 1 atom stereocenters. The zero-order chi connectivity index (χ0) is 20.2. The summed E-state index contributed by atoms with van der Waals surface area (Å²) >= 11 is 6.00. The van der Waals surface area contributed by atoms with Gasteiger partial charge in [-0.25, -0.2) is 8.42 Å². The van der Waals surface area contributed by atoms with Crippen molar-refractivity contribution in [3.05, 3.63) is 58.6 Å². The summed E-state index contributed by atoms with van der Waals surface area (Å²) < 4.78 is 30.8. The standard InChI is InChI=1S/C19H23ClN2O4S/c1-13-5-7-15(8-6-13)14(2)21-19(23)12-22(27(4,24)25)17-11-16(20)9-10-18(17)26-3/h5-11,14H,12H2,1-4H3,(H,21,23)/t14-/m1/s1. The van der Waals surface area contributed by atoms with Crippen LogP contribution in [0, 0.1) is 6.92 Å². The van der Waals surface area contributed by atoms with Gasteiger partial charge in [-0.15, -0.1) is 0 Å². The van der Waals surface area contributed by atoms with E-state index in [1.165, 1.54) is 13.2 Å². The highest BCUT2D eigenvalue weighted by Gasteiger charge is 2.25. The highest BCUT2D eigenvalue weighted by Crippen LogP contribution is 2.32. The summed E-state index contributed by atoms with van der Waals surface area (Å²) in [5.41, 5.74) is 2.26. The first kappa shape index (κ1) is 21.1. The Morgan fingerprint density at radius 3 is 2.41 bits per heavy atom. The van der Waals surface area contributed by atoms with Gasteiger partial charge in [0.1, 0.15) is 12.3 Å². The van der Waals surface area contributed by atoms with Crippen molar-refractivity contribution in [1.82, 2.24) is 5.32 Å². The first-order chi connectivity index (χ1) is 12.6. The molecule has 2 rings (SSSR count). The number of methoxy groups -OCH3 is 1. The van der Waals surface area contributed by atoms with Crippen molar-refractivity contribution in [2.45, 2.75) is 19.9 Å². The van der Waals surface area contributed by atoms with Gasteiger partial charge in [0.05, 0.1) is 25.1 Å². The topological polar surface area (TPSA) is 75.7 Å². The van der Waals surface area contributed by atoms with E-state index in [1.807, 2.05) is 38.1 Å². The number of amides is 1. The van der Waals surface area contributed by atoms with Crippen LogP contribution in [-0.4, -0.2) is 34.2 Å². The van der Waals surface area contributed by atoms with Gasteiger partial charge in [-0.3, -0.25) is 9.10 Å². The van der Waals surface area contributed by atoms with Gasteiger partial charge in [-0.05, 0) is 37.6 Å². The monoisotopic (exact) mass is 410 g/mol. The molecule has 0 heterocycles. The molecule has 6 nitrogen and oxygen atoms in total. The van der Waals surface area contributed by atoms with Crippen LogP contribution >= 0.6 is 11.6 Å². The highest BCUT2D eigenvalue weighted by molar-refractivity contribution is 7.92. The SMILES string of the molecule is COc1ccc(Cl)cc1N(CC(=O)N[C@H](C)c1ccc(C)cc1)S(C)(=O)=O. The van der Waals surface area contributed by atoms with Crippen LogP contribution in [0.3, 0.4) is 0 Å². The number of halogens is 1. The van der Waals surface area contributed by atoms with E-state index in [4.69, 9.17) is 16.3 Å². The maximum atomic E-state index is 12.5. The lowest BCUT2D eigenvalue weighted by atomic mass is 10.1. The van der Waals surface area contributed by atoms with Gasteiger partial charge in [0, 0.05) is 5.02 Å². The van der Waals surface area contributed by atoms with Crippen molar-refractivity contribution < 1.29 is 17.9 Å². The van der Waals surface area contributed by atoms with Crippen LogP contribution in [0.4, 0.5) is 5.69 Å². The Bertz CT molecular complexity index is 914. The zero-order valence-corrected chi connectivity index (χ0v) is 17.3. The van der Waals surface area contributed by atoms with E-state index < -0.39 is 15.9 Å². The predicted molar refractivity (Wildman–Crippen MR) is 108 cm³/mol. The maximum absolute atomic E-state index is 12.5. The van der Waals surface area contributed by atoms with Crippen LogP contribution in [0.2, 0.25) is 5.02 Å². The van der Waals surface area contributed by atoms with Gasteiger partial charge < -0.3 is 10.1 Å². The van der Waals surface area contributed by atoms with Crippen molar-refractivity contribution in [2.24, 2.45) is 0 Å². The van der Waals surface area contributed by atoms with Crippen molar-refractivity contribution in [3.8, 4) is 5.75 Å². The summed E-state index contributed by atoms with van der Waals surface area (Å²) in [5.74, 6) is -0.125. The molecule has 2 aromatic carbocycles. The van der Waals surface area contributed by atoms with Crippen LogP contribution in [-0.2, 0) is 14.8 Å². The number of benzene rings is 2. The molecule has 0 saturated heterocycles. The van der Waals surface area contributed by atoms with Crippen LogP contribution in [0.5, 0.6) is 5.75 Å². The number of ether oxygens (including phenoxy) is 1. The third kappa shape index (κ3) is 5.61.